The molecule has 1 atom stereocenters. The second-order valence-electron chi connectivity index (χ2n) is 2.21. The van der Waals surface area contributed by atoms with Gasteiger partial charge < -0.3 is 0 Å². The third-order valence-electron chi connectivity index (χ3n) is 1.35. The van der Waals surface area contributed by atoms with Crippen LogP contribution in [0.1, 0.15) is 18.4 Å². The molecule has 1 aromatic rings. The summed E-state index contributed by atoms with van der Waals surface area (Å²) in [5, 5.41) is 0. The molecule has 0 saturated heterocycles. The van der Waals surface area contributed by atoms with Crippen LogP contribution < -0.4 is 0 Å². The molecule has 1 aromatic heterocycles. The molecule has 0 aliphatic rings. The molecule has 0 amide bonds. The van der Waals surface area contributed by atoms with Gasteiger partial charge in [-0.05, 0) is 6.92 Å². The van der Waals surface area contributed by atoms with Gasteiger partial charge in [-0.3, -0.25) is 4.55 Å². The average Bonchev–Trinajstić information content (AvgIpc) is 2.30. The SMILES string of the molecule is CCc1nc(C)cn1S(=O)O. The molecule has 4 nitrogen and oxygen atoms in total. The van der Waals surface area contributed by atoms with Gasteiger partial charge in [0.25, 0.3) is 11.3 Å². The standard InChI is InChI=1S/C6H10N2O2S/c1-3-6-7-5(2)4-8(6)11(9)10/h4H,3H2,1-2H3,(H,9,10). The Morgan fingerprint density at radius 2 is 2.45 bits per heavy atom. The van der Waals surface area contributed by atoms with Crippen molar-refractivity contribution < 1.29 is 8.76 Å². The Morgan fingerprint density at radius 3 is 2.82 bits per heavy atom. The number of aromatic nitrogens is 2. The molecule has 11 heavy (non-hydrogen) atoms. The molecular weight excluding hydrogens is 164 g/mol. The molecule has 1 heterocycles. The molecule has 1 unspecified atom stereocenters. The predicted molar refractivity (Wildman–Crippen MR) is 42.5 cm³/mol. The molecule has 0 aliphatic carbocycles. The normalized spacial score (nSPS) is 13.4. The fraction of sp³-hybridized carbons (Fsp3) is 0.500. The van der Waals surface area contributed by atoms with E-state index in [2.05, 4.69) is 4.98 Å². The predicted octanol–water partition coefficient (Wildman–Crippen LogP) is 0.739. The maximum absolute atomic E-state index is 10.6. The quantitative estimate of drug-likeness (QED) is 0.673. The molecule has 0 spiro atoms. The highest BCUT2D eigenvalue weighted by atomic mass is 32.2. The summed E-state index contributed by atoms with van der Waals surface area (Å²) in [6.07, 6.45) is 2.23. The van der Waals surface area contributed by atoms with Crippen LogP contribution in [0.2, 0.25) is 0 Å². The number of rotatable bonds is 2. The monoisotopic (exact) mass is 174 g/mol. The van der Waals surface area contributed by atoms with Gasteiger partial charge in [0.1, 0.15) is 5.82 Å². The topological polar surface area (TPSA) is 55.1 Å². The van der Waals surface area contributed by atoms with Gasteiger partial charge in [0.2, 0.25) is 0 Å². The smallest absolute Gasteiger partial charge is 0.267 e. The largest absolute Gasteiger partial charge is 0.289 e. The van der Waals surface area contributed by atoms with Crippen molar-refractivity contribution in [3.63, 3.8) is 0 Å². The summed E-state index contributed by atoms with van der Waals surface area (Å²) in [7, 11) is 0. The molecule has 0 aliphatic heterocycles. The Labute approximate surface area is 67.7 Å². The molecule has 0 radical (unpaired) electrons. The van der Waals surface area contributed by atoms with Gasteiger partial charge in [0, 0.05) is 12.6 Å². The van der Waals surface area contributed by atoms with Crippen LogP contribution in [0.4, 0.5) is 0 Å². The minimum absolute atomic E-state index is 0.642. The molecular formula is C6H10N2O2S. The molecule has 0 bridgehead atoms. The van der Waals surface area contributed by atoms with Crippen molar-refractivity contribution in [2.45, 2.75) is 20.3 Å². The van der Waals surface area contributed by atoms with Crippen LogP contribution in [0.25, 0.3) is 0 Å². The number of hydrogen-bond acceptors (Lipinski definition) is 2. The van der Waals surface area contributed by atoms with Crippen LogP contribution in [0, 0.1) is 6.92 Å². The summed E-state index contributed by atoms with van der Waals surface area (Å²) in [5.74, 6) is 0.642. The van der Waals surface area contributed by atoms with Crippen molar-refractivity contribution in [1.82, 2.24) is 8.96 Å². The molecule has 62 valence electrons. The van der Waals surface area contributed by atoms with Crippen LogP contribution in [0.15, 0.2) is 6.20 Å². The summed E-state index contributed by atoms with van der Waals surface area (Å²) in [6.45, 7) is 3.69. The minimum atomic E-state index is -1.97. The lowest BCUT2D eigenvalue weighted by Crippen LogP contribution is -2.05. The Balaban J connectivity index is 3.12. The van der Waals surface area contributed by atoms with E-state index in [0.717, 1.165) is 5.69 Å². The van der Waals surface area contributed by atoms with Crippen molar-refractivity contribution >= 4 is 11.3 Å². The van der Waals surface area contributed by atoms with Crippen LogP contribution in [0.3, 0.4) is 0 Å². The highest BCUT2D eigenvalue weighted by molar-refractivity contribution is 7.77. The molecule has 1 rings (SSSR count). The summed E-state index contributed by atoms with van der Waals surface area (Å²) in [5.41, 5.74) is 0.768. The molecule has 5 heteroatoms. The van der Waals surface area contributed by atoms with Gasteiger partial charge in [0.15, 0.2) is 0 Å². The van der Waals surface area contributed by atoms with Crippen molar-refractivity contribution in [1.29, 1.82) is 0 Å². The van der Waals surface area contributed by atoms with Crippen LogP contribution in [0.5, 0.6) is 0 Å². The summed E-state index contributed by atoms with van der Waals surface area (Å²) >= 11 is -1.97. The van der Waals surface area contributed by atoms with Crippen LogP contribution >= 0.6 is 0 Å². The van der Waals surface area contributed by atoms with Gasteiger partial charge in [0.05, 0.1) is 5.69 Å². The van der Waals surface area contributed by atoms with E-state index in [9.17, 15) is 4.21 Å². The Hall–Kier alpha value is -0.680. The van der Waals surface area contributed by atoms with Crippen LogP contribution in [-0.2, 0) is 17.7 Å². The minimum Gasteiger partial charge on any atom is -0.289 e. The van der Waals surface area contributed by atoms with Gasteiger partial charge >= 0.3 is 0 Å². The van der Waals surface area contributed by atoms with E-state index < -0.39 is 11.3 Å². The molecule has 0 fully saturated rings. The van der Waals surface area contributed by atoms with E-state index in [4.69, 9.17) is 4.55 Å². The van der Waals surface area contributed by atoms with Gasteiger partial charge in [-0.2, -0.15) is 0 Å². The van der Waals surface area contributed by atoms with E-state index in [1.54, 1.807) is 13.1 Å². The van der Waals surface area contributed by atoms with E-state index in [0.29, 0.717) is 12.2 Å². The summed E-state index contributed by atoms with van der Waals surface area (Å²) < 4.78 is 20.6. The first-order chi connectivity index (χ1) is 5.15. The fourth-order valence-electron chi connectivity index (χ4n) is 0.896. The maximum Gasteiger partial charge on any atom is 0.267 e. The van der Waals surface area contributed by atoms with Gasteiger partial charge in [-0.25, -0.2) is 13.2 Å². The Morgan fingerprint density at radius 1 is 1.82 bits per heavy atom. The number of imidazole rings is 1. The average molecular weight is 174 g/mol. The summed E-state index contributed by atoms with van der Waals surface area (Å²) in [6, 6.07) is 0. The lowest BCUT2D eigenvalue weighted by atomic mass is 10.5. The van der Waals surface area contributed by atoms with Gasteiger partial charge in [-0.1, -0.05) is 6.92 Å². The molecule has 1 N–H and O–H groups in total. The number of hydrogen-bond donors (Lipinski definition) is 1. The zero-order chi connectivity index (χ0) is 8.43. The lowest BCUT2D eigenvalue weighted by molar-refractivity contribution is 0.552. The second kappa shape index (κ2) is 3.15. The van der Waals surface area contributed by atoms with E-state index in [1.807, 2.05) is 6.92 Å². The Kier molecular flexibility index (Phi) is 2.41. The van der Waals surface area contributed by atoms with Crippen molar-refractivity contribution in [2.24, 2.45) is 0 Å². The fourth-order valence-corrected chi connectivity index (χ4v) is 1.49. The zero-order valence-corrected chi connectivity index (χ0v) is 7.26. The van der Waals surface area contributed by atoms with E-state index in [-0.39, 0.29) is 0 Å². The first-order valence-electron chi connectivity index (χ1n) is 3.31. The van der Waals surface area contributed by atoms with Crippen molar-refractivity contribution in [2.75, 3.05) is 0 Å². The van der Waals surface area contributed by atoms with Crippen LogP contribution in [-0.4, -0.2) is 17.7 Å². The summed E-state index contributed by atoms with van der Waals surface area (Å²) in [4.78, 5) is 4.06. The van der Waals surface area contributed by atoms with E-state index in [1.165, 1.54) is 3.97 Å². The van der Waals surface area contributed by atoms with Gasteiger partial charge in [-0.15, -0.1) is 0 Å². The first kappa shape index (κ1) is 8.42. The van der Waals surface area contributed by atoms with Crippen molar-refractivity contribution in [3.05, 3.63) is 17.7 Å². The van der Waals surface area contributed by atoms with E-state index >= 15 is 0 Å². The third-order valence-corrected chi connectivity index (χ3v) is 2.00. The number of aryl methyl sites for hydroxylation is 2. The third kappa shape index (κ3) is 1.66. The number of nitrogens with zero attached hydrogens (tertiary/aromatic N) is 2. The van der Waals surface area contributed by atoms with Crippen molar-refractivity contribution in [3.8, 4) is 0 Å². The molecule has 0 saturated carbocycles. The lowest BCUT2D eigenvalue weighted by Gasteiger charge is -1.96. The highest BCUT2D eigenvalue weighted by Gasteiger charge is 2.06. The highest BCUT2D eigenvalue weighted by Crippen LogP contribution is 2.03. The maximum atomic E-state index is 10.6. The first-order valence-corrected chi connectivity index (χ1v) is 4.37. The Bertz CT molecular complexity index is 282. The zero-order valence-electron chi connectivity index (χ0n) is 6.44. The molecule has 0 aromatic carbocycles. The second-order valence-corrected chi connectivity index (χ2v) is 3.06.